The zero-order chi connectivity index (χ0) is 43.5. The molecule has 0 saturated heterocycles. The molecule has 5 nitrogen and oxygen atoms in total. The van der Waals surface area contributed by atoms with Crippen molar-refractivity contribution in [2.45, 2.75) is 284 Å². The quantitative estimate of drug-likeness (QED) is 0.0347. The van der Waals surface area contributed by atoms with E-state index in [1.54, 1.807) is 0 Å². The standard InChI is InChI=1S/C55H102O5/c1-4-7-10-13-16-18-20-22-24-26-28-29-31-33-35-37-40-42-45-48-54(56)59-52-53(60-55(57)49-46-43-39-15-12-9-6-3)51-58-50-47-44-41-38-36-34-32-30-27-25-23-21-19-17-14-11-8-5-2/h16,18,22,24,28-29,53H,4-15,17,19-21,23,25-27,30-52H2,1-3H3/b18-16-,24-22-,29-28-. The lowest BCUT2D eigenvalue weighted by molar-refractivity contribution is -0.163. The monoisotopic (exact) mass is 843 g/mol. The summed E-state index contributed by atoms with van der Waals surface area (Å²) in [5.41, 5.74) is 0. The third-order valence-electron chi connectivity index (χ3n) is 11.7. The van der Waals surface area contributed by atoms with Crippen LogP contribution in [0.15, 0.2) is 36.5 Å². The van der Waals surface area contributed by atoms with E-state index in [1.807, 2.05) is 0 Å². The fourth-order valence-electron chi connectivity index (χ4n) is 7.69. The summed E-state index contributed by atoms with van der Waals surface area (Å²) in [5.74, 6) is -0.404. The maximum atomic E-state index is 12.7. The highest BCUT2D eigenvalue weighted by atomic mass is 16.6. The average Bonchev–Trinajstić information content (AvgIpc) is 3.25. The second kappa shape index (κ2) is 51.5. The molecule has 0 aromatic rings. The van der Waals surface area contributed by atoms with Crippen LogP contribution in [0.4, 0.5) is 0 Å². The summed E-state index contributed by atoms with van der Waals surface area (Å²) in [4.78, 5) is 25.2. The summed E-state index contributed by atoms with van der Waals surface area (Å²) in [6, 6.07) is 0. The minimum Gasteiger partial charge on any atom is -0.462 e. The van der Waals surface area contributed by atoms with Crippen molar-refractivity contribution in [3.05, 3.63) is 36.5 Å². The normalized spacial score (nSPS) is 12.4. The van der Waals surface area contributed by atoms with Crippen LogP contribution in [0.2, 0.25) is 0 Å². The number of hydrogen-bond acceptors (Lipinski definition) is 5. The van der Waals surface area contributed by atoms with Crippen LogP contribution in [0.5, 0.6) is 0 Å². The number of carbonyl (C=O) groups is 2. The zero-order valence-electron chi connectivity index (χ0n) is 40.5. The molecule has 60 heavy (non-hydrogen) atoms. The summed E-state index contributed by atoms with van der Waals surface area (Å²) >= 11 is 0. The predicted octanol–water partition coefficient (Wildman–Crippen LogP) is 17.8. The summed E-state index contributed by atoms with van der Waals surface area (Å²) in [5, 5.41) is 0. The van der Waals surface area contributed by atoms with Crippen molar-refractivity contribution in [1.29, 1.82) is 0 Å². The molecule has 352 valence electrons. The lowest BCUT2D eigenvalue weighted by Gasteiger charge is -2.18. The van der Waals surface area contributed by atoms with Crippen LogP contribution in [0.25, 0.3) is 0 Å². The van der Waals surface area contributed by atoms with Crippen LogP contribution in [0, 0.1) is 0 Å². The first-order valence-corrected chi connectivity index (χ1v) is 26.5. The summed E-state index contributed by atoms with van der Waals surface area (Å²) < 4.78 is 17.3. The van der Waals surface area contributed by atoms with Gasteiger partial charge in [0, 0.05) is 19.4 Å². The molecule has 0 amide bonds. The van der Waals surface area contributed by atoms with Gasteiger partial charge in [-0.3, -0.25) is 9.59 Å². The Balaban J connectivity index is 4.09. The second-order valence-electron chi connectivity index (χ2n) is 17.8. The predicted molar refractivity (Wildman–Crippen MR) is 261 cm³/mol. The van der Waals surface area contributed by atoms with E-state index in [4.69, 9.17) is 14.2 Å². The number of allylic oxidation sites excluding steroid dienone is 6. The van der Waals surface area contributed by atoms with E-state index >= 15 is 0 Å². The van der Waals surface area contributed by atoms with Gasteiger partial charge in [0.2, 0.25) is 0 Å². The molecule has 1 unspecified atom stereocenters. The molecule has 0 saturated carbocycles. The Morgan fingerprint density at radius 1 is 0.367 bits per heavy atom. The molecular formula is C55H102O5. The maximum Gasteiger partial charge on any atom is 0.306 e. The van der Waals surface area contributed by atoms with Gasteiger partial charge in [0.15, 0.2) is 6.10 Å². The number of hydrogen-bond donors (Lipinski definition) is 0. The molecule has 0 radical (unpaired) electrons. The lowest BCUT2D eigenvalue weighted by atomic mass is 10.0. The fourth-order valence-corrected chi connectivity index (χ4v) is 7.69. The molecule has 1 atom stereocenters. The second-order valence-corrected chi connectivity index (χ2v) is 17.8. The number of carbonyl (C=O) groups excluding carboxylic acids is 2. The van der Waals surface area contributed by atoms with E-state index in [2.05, 4.69) is 57.2 Å². The molecule has 0 N–H and O–H groups in total. The van der Waals surface area contributed by atoms with Crippen molar-refractivity contribution in [2.24, 2.45) is 0 Å². The molecule has 0 aliphatic heterocycles. The summed E-state index contributed by atoms with van der Waals surface area (Å²) in [7, 11) is 0. The SMILES string of the molecule is CCCCC/C=C\C/C=C\C/C=C\CCCCCCCCC(=O)OCC(COCCCCCCCCCCCCCCCCCCCC)OC(=O)CCCCCCCCC. The van der Waals surface area contributed by atoms with Gasteiger partial charge in [0.1, 0.15) is 6.61 Å². The van der Waals surface area contributed by atoms with Gasteiger partial charge in [0.25, 0.3) is 0 Å². The molecule has 0 heterocycles. The van der Waals surface area contributed by atoms with Gasteiger partial charge in [-0.25, -0.2) is 0 Å². The van der Waals surface area contributed by atoms with Gasteiger partial charge in [-0.05, 0) is 57.8 Å². The van der Waals surface area contributed by atoms with Crippen molar-refractivity contribution in [2.75, 3.05) is 19.8 Å². The smallest absolute Gasteiger partial charge is 0.306 e. The molecule has 0 bridgehead atoms. The molecule has 0 aromatic carbocycles. The highest BCUT2D eigenvalue weighted by molar-refractivity contribution is 5.70. The van der Waals surface area contributed by atoms with Crippen molar-refractivity contribution < 1.29 is 23.8 Å². The van der Waals surface area contributed by atoms with Gasteiger partial charge < -0.3 is 14.2 Å². The first-order chi connectivity index (χ1) is 29.6. The fraction of sp³-hybridized carbons (Fsp3) is 0.855. The van der Waals surface area contributed by atoms with Gasteiger partial charge in [-0.2, -0.15) is 0 Å². The molecule has 5 heteroatoms. The van der Waals surface area contributed by atoms with Crippen LogP contribution in [-0.2, 0) is 23.8 Å². The molecule has 0 aromatic heterocycles. The largest absolute Gasteiger partial charge is 0.462 e. The topological polar surface area (TPSA) is 61.8 Å². The van der Waals surface area contributed by atoms with Gasteiger partial charge in [-0.1, -0.05) is 243 Å². The Labute approximate surface area is 374 Å². The molecular weight excluding hydrogens is 741 g/mol. The first-order valence-electron chi connectivity index (χ1n) is 26.5. The number of esters is 2. The van der Waals surface area contributed by atoms with E-state index in [0.29, 0.717) is 19.4 Å². The van der Waals surface area contributed by atoms with E-state index in [0.717, 1.165) is 57.8 Å². The van der Waals surface area contributed by atoms with Gasteiger partial charge in [0.05, 0.1) is 6.61 Å². The Hall–Kier alpha value is -1.88. The Kier molecular flexibility index (Phi) is 49.9. The molecule has 0 aliphatic rings. The van der Waals surface area contributed by atoms with Crippen molar-refractivity contribution in [3.63, 3.8) is 0 Å². The maximum absolute atomic E-state index is 12.7. The highest BCUT2D eigenvalue weighted by Gasteiger charge is 2.17. The van der Waals surface area contributed by atoms with E-state index in [-0.39, 0.29) is 25.2 Å². The van der Waals surface area contributed by atoms with E-state index in [1.165, 1.54) is 186 Å². The molecule has 0 aliphatic carbocycles. The minimum atomic E-state index is -0.533. The third kappa shape index (κ3) is 48.8. The third-order valence-corrected chi connectivity index (χ3v) is 11.7. The van der Waals surface area contributed by atoms with Crippen molar-refractivity contribution >= 4 is 11.9 Å². The Bertz CT molecular complexity index is 955. The van der Waals surface area contributed by atoms with E-state index in [9.17, 15) is 9.59 Å². The van der Waals surface area contributed by atoms with Crippen LogP contribution in [0.3, 0.4) is 0 Å². The number of rotatable bonds is 49. The first kappa shape index (κ1) is 58.1. The zero-order valence-corrected chi connectivity index (χ0v) is 40.5. The molecule has 0 rings (SSSR count). The highest BCUT2D eigenvalue weighted by Crippen LogP contribution is 2.16. The van der Waals surface area contributed by atoms with Crippen molar-refractivity contribution in [3.8, 4) is 0 Å². The number of unbranched alkanes of at least 4 members (excludes halogenated alkanes) is 32. The summed E-state index contributed by atoms with van der Waals surface area (Å²) in [6.07, 6.45) is 61.7. The Morgan fingerprint density at radius 3 is 1.15 bits per heavy atom. The van der Waals surface area contributed by atoms with Gasteiger partial charge in [-0.15, -0.1) is 0 Å². The van der Waals surface area contributed by atoms with Crippen LogP contribution < -0.4 is 0 Å². The lowest BCUT2D eigenvalue weighted by Crippen LogP contribution is -2.30. The molecule has 0 spiro atoms. The Morgan fingerprint density at radius 2 is 0.700 bits per heavy atom. The van der Waals surface area contributed by atoms with E-state index < -0.39 is 6.10 Å². The van der Waals surface area contributed by atoms with Crippen LogP contribution >= 0.6 is 0 Å². The minimum absolute atomic E-state index is 0.0835. The number of ether oxygens (including phenoxy) is 3. The van der Waals surface area contributed by atoms with Crippen molar-refractivity contribution in [1.82, 2.24) is 0 Å². The van der Waals surface area contributed by atoms with Gasteiger partial charge >= 0.3 is 11.9 Å². The summed E-state index contributed by atoms with van der Waals surface area (Å²) in [6.45, 7) is 7.80. The van der Waals surface area contributed by atoms with Crippen LogP contribution in [-0.4, -0.2) is 37.9 Å². The molecule has 0 fully saturated rings. The average molecular weight is 843 g/mol. The van der Waals surface area contributed by atoms with Crippen LogP contribution in [0.1, 0.15) is 278 Å².